The van der Waals surface area contributed by atoms with Crippen molar-refractivity contribution < 1.29 is 9.72 Å². The monoisotopic (exact) mass is 249 g/mol. The zero-order chi connectivity index (χ0) is 13.1. The zero-order valence-corrected chi connectivity index (χ0v) is 10.1. The molecular formula is C12H15N3O3. The summed E-state index contributed by atoms with van der Waals surface area (Å²) < 4.78 is 0. The number of nitro groups is 1. The largest absolute Gasteiger partial charge is 0.348 e. The SMILES string of the molecule is Cc1ccc([N+](=O)[O-])c(C(=O)NC2CCNC2)c1. The Balaban J connectivity index is 2.22. The van der Waals surface area contributed by atoms with Crippen LogP contribution in [0.25, 0.3) is 0 Å². The first-order chi connectivity index (χ1) is 8.58. The number of carbonyl (C=O) groups excluding carboxylic acids is 1. The summed E-state index contributed by atoms with van der Waals surface area (Å²) in [6, 6.07) is 4.61. The highest BCUT2D eigenvalue weighted by atomic mass is 16.6. The van der Waals surface area contributed by atoms with Gasteiger partial charge in [0, 0.05) is 18.7 Å². The molecule has 6 nitrogen and oxygen atoms in total. The minimum Gasteiger partial charge on any atom is -0.348 e. The number of aryl methyl sites for hydroxylation is 1. The van der Waals surface area contributed by atoms with Crippen LogP contribution >= 0.6 is 0 Å². The Labute approximate surface area is 105 Å². The van der Waals surface area contributed by atoms with Gasteiger partial charge in [-0.25, -0.2) is 0 Å². The lowest BCUT2D eigenvalue weighted by Crippen LogP contribution is -2.36. The van der Waals surface area contributed by atoms with Gasteiger partial charge in [-0.3, -0.25) is 14.9 Å². The average Bonchev–Trinajstić information content (AvgIpc) is 2.81. The maximum absolute atomic E-state index is 12.0. The second kappa shape index (κ2) is 5.14. The molecule has 6 heteroatoms. The molecule has 1 aromatic carbocycles. The molecule has 1 aromatic rings. The van der Waals surface area contributed by atoms with E-state index < -0.39 is 4.92 Å². The van der Waals surface area contributed by atoms with Crippen LogP contribution in [0.5, 0.6) is 0 Å². The van der Waals surface area contributed by atoms with Crippen LogP contribution in [0.2, 0.25) is 0 Å². The van der Waals surface area contributed by atoms with Crippen molar-refractivity contribution in [2.45, 2.75) is 19.4 Å². The lowest BCUT2D eigenvalue weighted by molar-refractivity contribution is -0.385. The third kappa shape index (κ3) is 2.65. The van der Waals surface area contributed by atoms with Crippen molar-refractivity contribution in [1.29, 1.82) is 0 Å². The van der Waals surface area contributed by atoms with E-state index in [1.54, 1.807) is 19.1 Å². The van der Waals surface area contributed by atoms with Gasteiger partial charge in [0.2, 0.25) is 0 Å². The molecule has 0 aromatic heterocycles. The van der Waals surface area contributed by atoms with Gasteiger partial charge >= 0.3 is 0 Å². The van der Waals surface area contributed by atoms with Gasteiger partial charge in [0.1, 0.15) is 5.56 Å². The quantitative estimate of drug-likeness (QED) is 0.618. The van der Waals surface area contributed by atoms with Crippen LogP contribution in [0.15, 0.2) is 18.2 Å². The Kier molecular flexibility index (Phi) is 3.57. The predicted octanol–water partition coefficient (Wildman–Crippen LogP) is 0.995. The number of hydrogen-bond acceptors (Lipinski definition) is 4. The van der Waals surface area contributed by atoms with Crippen LogP contribution in [-0.2, 0) is 0 Å². The van der Waals surface area contributed by atoms with Crippen molar-refractivity contribution in [3.05, 3.63) is 39.4 Å². The summed E-state index contributed by atoms with van der Waals surface area (Å²) in [5.41, 5.74) is 0.811. The van der Waals surface area contributed by atoms with E-state index in [0.29, 0.717) is 6.54 Å². The second-order valence-electron chi connectivity index (χ2n) is 4.44. The van der Waals surface area contributed by atoms with Crippen LogP contribution < -0.4 is 10.6 Å². The Morgan fingerprint density at radius 2 is 2.33 bits per heavy atom. The van der Waals surface area contributed by atoms with E-state index in [4.69, 9.17) is 0 Å². The smallest absolute Gasteiger partial charge is 0.282 e. The van der Waals surface area contributed by atoms with E-state index in [1.807, 2.05) is 0 Å². The molecular weight excluding hydrogens is 234 g/mol. The average molecular weight is 249 g/mol. The molecule has 1 aliphatic rings. The molecule has 96 valence electrons. The van der Waals surface area contributed by atoms with E-state index in [9.17, 15) is 14.9 Å². The highest BCUT2D eigenvalue weighted by Gasteiger charge is 2.23. The summed E-state index contributed by atoms with van der Waals surface area (Å²) in [6.45, 7) is 3.38. The number of hydrogen-bond donors (Lipinski definition) is 2. The fraction of sp³-hybridized carbons (Fsp3) is 0.417. The van der Waals surface area contributed by atoms with Crippen molar-refractivity contribution in [2.75, 3.05) is 13.1 Å². The van der Waals surface area contributed by atoms with Crippen LogP contribution in [0.3, 0.4) is 0 Å². The second-order valence-corrected chi connectivity index (χ2v) is 4.44. The molecule has 0 saturated carbocycles. The number of nitrogens with one attached hydrogen (secondary N) is 2. The first-order valence-corrected chi connectivity index (χ1v) is 5.84. The van der Waals surface area contributed by atoms with Crippen LogP contribution in [0.1, 0.15) is 22.3 Å². The minimum absolute atomic E-state index is 0.0533. The van der Waals surface area contributed by atoms with Crippen molar-refractivity contribution in [1.82, 2.24) is 10.6 Å². The standard InChI is InChI=1S/C12H15N3O3/c1-8-2-3-11(15(17)18)10(6-8)12(16)14-9-4-5-13-7-9/h2-3,6,9,13H,4-5,7H2,1H3,(H,14,16). The molecule has 1 unspecified atom stereocenters. The zero-order valence-electron chi connectivity index (χ0n) is 10.1. The van der Waals surface area contributed by atoms with Gasteiger partial charge in [0.15, 0.2) is 0 Å². The van der Waals surface area contributed by atoms with Crippen LogP contribution in [0.4, 0.5) is 5.69 Å². The lowest BCUT2D eigenvalue weighted by atomic mass is 10.1. The van der Waals surface area contributed by atoms with Crippen molar-refractivity contribution >= 4 is 11.6 Å². The van der Waals surface area contributed by atoms with Gasteiger partial charge in [-0.05, 0) is 31.5 Å². The van der Waals surface area contributed by atoms with Crippen molar-refractivity contribution in [3.8, 4) is 0 Å². The van der Waals surface area contributed by atoms with Gasteiger partial charge in [-0.1, -0.05) is 6.07 Å². The number of benzene rings is 1. The molecule has 0 aliphatic carbocycles. The number of rotatable bonds is 3. The molecule has 1 atom stereocenters. The van der Waals surface area contributed by atoms with E-state index >= 15 is 0 Å². The molecule has 0 spiro atoms. The Hall–Kier alpha value is -1.95. The number of amides is 1. The van der Waals surface area contributed by atoms with Crippen LogP contribution in [-0.4, -0.2) is 30.0 Å². The lowest BCUT2D eigenvalue weighted by Gasteiger charge is -2.11. The maximum Gasteiger partial charge on any atom is 0.282 e. The van der Waals surface area contributed by atoms with Crippen molar-refractivity contribution in [2.24, 2.45) is 0 Å². The van der Waals surface area contributed by atoms with E-state index in [-0.39, 0.29) is 23.2 Å². The highest BCUT2D eigenvalue weighted by molar-refractivity contribution is 5.98. The molecule has 0 bridgehead atoms. The topological polar surface area (TPSA) is 84.3 Å². The third-order valence-corrected chi connectivity index (χ3v) is 2.99. The molecule has 1 amide bonds. The summed E-state index contributed by atoms with van der Waals surface area (Å²) in [5, 5.41) is 16.8. The van der Waals surface area contributed by atoms with Gasteiger partial charge < -0.3 is 10.6 Å². The molecule has 0 radical (unpaired) electrons. The van der Waals surface area contributed by atoms with E-state index in [0.717, 1.165) is 18.5 Å². The Bertz CT molecular complexity index is 481. The first-order valence-electron chi connectivity index (χ1n) is 5.84. The number of nitrogens with zero attached hydrogens (tertiary/aromatic N) is 1. The fourth-order valence-corrected chi connectivity index (χ4v) is 2.03. The number of carbonyl (C=O) groups is 1. The van der Waals surface area contributed by atoms with Crippen LogP contribution in [0, 0.1) is 17.0 Å². The number of nitro benzene ring substituents is 1. The normalized spacial score (nSPS) is 18.6. The summed E-state index contributed by atoms with van der Waals surface area (Å²) in [5.74, 6) is -0.376. The molecule has 18 heavy (non-hydrogen) atoms. The highest BCUT2D eigenvalue weighted by Crippen LogP contribution is 2.20. The molecule has 1 heterocycles. The van der Waals surface area contributed by atoms with E-state index in [2.05, 4.69) is 10.6 Å². The Morgan fingerprint density at radius 3 is 2.94 bits per heavy atom. The van der Waals surface area contributed by atoms with Crippen molar-refractivity contribution in [3.63, 3.8) is 0 Å². The minimum atomic E-state index is -0.527. The van der Waals surface area contributed by atoms with Gasteiger partial charge in [0.25, 0.3) is 11.6 Å². The fourth-order valence-electron chi connectivity index (χ4n) is 2.03. The van der Waals surface area contributed by atoms with Gasteiger partial charge in [-0.15, -0.1) is 0 Å². The molecule has 1 saturated heterocycles. The van der Waals surface area contributed by atoms with Gasteiger partial charge in [0.05, 0.1) is 4.92 Å². The predicted molar refractivity (Wildman–Crippen MR) is 66.6 cm³/mol. The summed E-state index contributed by atoms with van der Waals surface area (Å²) in [6.07, 6.45) is 0.853. The molecule has 2 rings (SSSR count). The Morgan fingerprint density at radius 1 is 1.56 bits per heavy atom. The maximum atomic E-state index is 12.0. The molecule has 1 aliphatic heterocycles. The molecule has 2 N–H and O–H groups in total. The first kappa shape index (κ1) is 12.5. The molecule has 1 fully saturated rings. The summed E-state index contributed by atoms with van der Waals surface area (Å²) in [7, 11) is 0. The summed E-state index contributed by atoms with van der Waals surface area (Å²) >= 11 is 0. The van der Waals surface area contributed by atoms with E-state index in [1.165, 1.54) is 6.07 Å². The van der Waals surface area contributed by atoms with Gasteiger partial charge in [-0.2, -0.15) is 0 Å². The summed E-state index contributed by atoms with van der Waals surface area (Å²) in [4.78, 5) is 22.4. The third-order valence-electron chi connectivity index (χ3n) is 2.99.